The number of H-pyrrole nitrogens is 1. The summed E-state index contributed by atoms with van der Waals surface area (Å²) < 4.78 is 12.0. The molecule has 2 rings (SSSR count). The summed E-state index contributed by atoms with van der Waals surface area (Å²) in [5.41, 5.74) is 7.92. The normalized spacial score (nSPS) is 20.0. The number of ether oxygens (including phenoxy) is 2. The van der Waals surface area contributed by atoms with Crippen LogP contribution in [-0.2, 0) is 19.1 Å². The van der Waals surface area contributed by atoms with Crippen molar-refractivity contribution in [2.24, 2.45) is 5.11 Å². The predicted molar refractivity (Wildman–Crippen MR) is 105 cm³/mol. The van der Waals surface area contributed by atoms with Gasteiger partial charge in [0.1, 0.15) is 24.7 Å². The highest BCUT2D eigenvalue weighted by molar-refractivity contribution is 5.82. The number of carbonyl (C=O) groups is 2. The maximum atomic E-state index is 12.0. The lowest BCUT2D eigenvalue weighted by Crippen LogP contribution is -2.33. The van der Waals surface area contributed by atoms with Gasteiger partial charge >= 0.3 is 11.7 Å². The third-order valence-corrected chi connectivity index (χ3v) is 4.27. The number of aromatic nitrogens is 2. The van der Waals surface area contributed by atoms with Gasteiger partial charge in [0.15, 0.2) is 0 Å². The fraction of sp³-hybridized carbons (Fsp3) is 0.647. The highest BCUT2D eigenvalue weighted by Gasteiger charge is 2.37. The molecule has 2 heterocycles. The number of nitrogens with one attached hydrogen (secondary N) is 1. The number of azide groups is 1. The third-order valence-electron chi connectivity index (χ3n) is 4.27. The summed E-state index contributed by atoms with van der Waals surface area (Å²) in [7, 11) is 0. The van der Waals surface area contributed by atoms with E-state index in [4.69, 9.17) is 15.0 Å². The van der Waals surface area contributed by atoms with Gasteiger partial charge in [0.05, 0.1) is 12.5 Å². The Balaban J connectivity index is 0.00000392. The van der Waals surface area contributed by atoms with Crippen LogP contribution in [-0.4, -0.2) is 48.5 Å². The summed E-state index contributed by atoms with van der Waals surface area (Å²) >= 11 is 0. The molecule has 11 nitrogen and oxygen atoms in total. The molecule has 0 unspecified atom stereocenters. The highest BCUT2D eigenvalue weighted by Crippen LogP contribution is 2.30. The van der Waals surface area contributed by atoms with Crippen molar-refractivity contribution in [1.82, 2.24) is 9.55 Å². The van der Waals surface area contributed by atoms with Crippen LogP contribution in [0.5, 0.6) is 0 Å². The molecule has 12 heteroatoms. The number of nitrogens with zero attached hydrogens (tertiary/aromatic N) is 4. The number of hydrogen-bond donors (Lipinski definition) is 1. The minimum absolute atomic E-state index is 0. The van der Waals surface area contributed by atoms with Crippen LogP contribution < -0.4 is 11.2 Å². The first-order valence-electron chi connectivity index (χ1n) is 8.54. The van der Waals surface area contributed by atoms with E-state index in [0.717, 1.165) is 0 Å². The zero-order chi connectivity index (χ0) is 20.0. The van der Waals surface area contributed by atoms with Crippen LogP contribution in [0.1, 0.15) is 51.8 Å². The fourth-order valence-electron chi connectivity index (χ4n) is 2.69. The number of esters is 1. The van der Waals surface area contributed by atoms with Crippen LogP contribution in [0, 0.1) is 6.92 Å². The lowest BCUT2D eigenvalue weighted by Gasteiger charge is -2.16. The molecule has 1 aliphatic heterocycles. The molecule has 0 spiro atoms. The number of rotatable bonds is 8. The number of hydrogen-bond acceptors (Lipinski definition) is 7. The van der Waals surface area contributed by atoms with Gasteiger partial charge < -0.3 is 9.47 Å². The molecule has 0 bridgehead atoms. The molecule has 1 N–H and O–H groups in total. The van der Waals surface area contributed by atoms with Crippen molar-refractivity contribution >= 4 is 20.2 Å². The van der Waals surface area contributed by atoms with Crippen LogP contribution in [0.3, 0.4) is 0 Å². The van der Waals surface area contributed by atoms with E-state index in [0.29, 0.717) is 12.0 Å². The zero-order valence-corrected chi connectivity index (χ0v) is 15.7. The quantitative estimate of drug-likeness (QED) is 0.226. The summed E-state index contributed by atoms with van der Waals surface area (Å²) in [5.74, 6) is -0.593. The Hall–Kier alpha value is -2.85. The summed E-state index contributed by atoms with van der Waals surface area (Å²) in [6.07, 6.45) is 0.468. The maximum absolute atomic E-state index is 12.0. The molecule has 1 fully saturated rings. The number of carbonyl (C=O) groups excluding carboxylic acids is 2. The van der Waals surface area contributed by atoms with Gasteiger partial charge in [-0.2, -0.15) is 0 Å². The van der Waals surface area contributed by atoms with Crippen molar-refractivity contribution < 1.29 is 19.1 Å². The van der Waals surface area contributed by atoms with Gasteiger partial charge in [0.25, 0.3) is 5.56 Å². The molecule has 1 saturated heterocycles. The number of ketones is 1. The zero-order valence-electron chi connectivity index (χ0n) is 15.7. The molecular formula is C17H25BN5O6. The summed E-state index contributed by atoms with van der Waals surface area (Å²) in [6, 6.07) is -0.649. The minimum atomic E-state index is -0.770. The summed E-state index contributed by atoms with van der Waals surface area (Å²) in [5, 5.41) is 3.64. The van der Waals surface area contributed by atoms with E-state index < -0.39 is 35.6 Å². The van der Waals surface area contributed by atoms with E-state index in [1.807, 2.05) is 0 Å². The maximum Gasteiger partial charge on any atom is 0.330 e. The molecule has 157 valence electrons. The van der Waals surface area contributed by atoms with Crippen LogP contribution in [0.15, 0.2) is 20.9 Å². The number of aromatic amines is 1. The molecule has 0 aliphatic carbocycles. The second-order valence-electron chi connectivity index (χ2n) is 6.19. The molecule has 1 aliphatic rings. The van der Waals surface area contributed by atoms with Crippen LogP contribution in [0.4, 0.5) is 0 Å². The largest absolute Gasteiger partial charge is 0.463 e. The van der Waals surface area contributed by atoms with Crippen molar-refractivity contribution in [2.45, 2.75) is 65.3 Å². The molecule has 0 amide bonds. The second-order valence-corrected chi connectivity index (χ2v) is 6.19. The third kappa shape index (κ3) is 6.92. The smallest absolute Gasteiger partial charge is 0.330 e. The van der Waals surface area contributed by atoms with Crippen molar-refractivity contribution in [3.63, 3.8) is 0 Å². The van der Waals surface area contributed by atoms with E-state index in [2.05, 4.69) is 15.0 Å². The minimum Gasteiger partial charge on any atom is -0.463 e. The molecule has 0 saturated carbocycles. The van der Waals surface area contributed by atoms with E-state index in [-0.39, 0.29) is 47.5 Å². The standard InChI is InChI=1S/C16H21N5O6.CH4.B/c1-3-10(22)4-5-14(23)26-8-12-11(19-20-17)6-13(27-12)21-7-9(2)15(24)18-16(21)25;;/h7,11-13H,3-6,8H2,1-2H3,(H,18,24,25);1H4;/t11-,12+,13+;;/m0../s1. The average molecular weight is 406 g/mol. The Morgan fingerprint density at radius 2 is 2.10 bits per heavy atom. The van der Waals surface area contributed by atoms with E-state index >= 15 is 0 Å². The van der Waals surface area contributed by atoms with Crippen LogP contribution in [0.25, 0.3) is 10.4 Å². The lowest BCUT2D eigenvalue weighted by atomic mass is 10.1. The second kappa shape index (κ2) is 11.9. The molecule has 1 aromatic rings. The topological polar surface area (TPSA) is 156 Å². The SMILES string of the molecule is C.CCC(=O)CCC(=O)OC[C@H]1O[C@@H](n2cc(C)c(=O)[nH]c2=O)C[C@@H]1N=[N+]=[N-].[B]. The Kier molecular flexibility index (Phi) is 10.7. The van der Waals surface area contributed by atoms with Gasteiger partial charge in [0, 0.05) is 44.3 Å². The molecule has 3 radical (unpaired) electrons. The van der Waals surface area contributed by atoms with Gasteiger partial charge in [-0.25, -0.2) is 4.79 Å². The van der Waals surface area contributed by atoms with Gasteiger partial charge in [-0.05, 0) is 12.5 Å². The van der Waals surface area contributed by atoms with E-state index in [1.165, 1.54) is 10.8 Å². The van der Waals surface area contributed by atoms with Gasteiger partial charge in [0.2, 0.25) is 0 Å². The van der Waals surface area contributed by atoms with Crippen molar-refractivity contribution in [1.29, 1.82) is 0 Å². The Morgan fingerprint density at radius 3 is 2.72 bits per heavy atom. The van der Waals surface area contributed by atoms with E-state index in [1.54, 1.807) is 13.8 Å². The summed E-state index contributed by atoms with van der Waals surface area (Å²) in [6.45, 7) is 3.09. The van der Waals surface area contributed by atoms with Gasteiger partial charge in [-0.15, -0.1) is 0 Å². The van der Waals surface area contributed by atoms with E-state index in [9.17, 15) is 19.2 Å². The number of Topliss-reactive ketones (excluding diaryl/α,β-unsaturated/α-hetero) is 1. The molecule has 1 aromatic heterocycles. The Labute approximate surface area is 169 Å². The first-order chi connectivity index (χ1) is 12.8. The average Bonchev–Trinajstić information content (AvgIpc) is 3.03. The highest BCUT2D eigenvalue weighted by atomic mass is 16.6. The number of aryl methyl sites for hydroxylation is 1. The van der Waals surface area contributed by atoms with Gasteiger partial charge in [-0.1, -0.05) is 19.5 Å². The fourth-order valence-corrected chi connectivity index (χ4v) is 2.69. The van der Waals surface area contributed by atoms with Crippen LogP contribution in [0.2, 0.25) is 0 Å². The lowest BCUT2D eigenvalue weighted by molar-refractivity contribution is -0.149. The Morgan fingerprint density at radius 1 is 1.41 bits per heavy atom. The van der Waals surface area contributed by atoms with Crippen molar-refractivity contribution in [2.75, 3.05) is 6.61 Å². The van der Waals surface area contributed by atoms with Crippen molar-refractivity contribution in [3.8, 4) is 0 Å². The monoisotopic (exact) mass is 406 g/mol. The Bertz CT molecular complexity index is 876. The molecular weight excluding hydrogens is 381 g/mol. The first-order valence-corrected chi connectivity index (χ1v) is 8.54. The van der Waals surface area contributed by atoms with Crippen LogP contribution >= 0.6 is 0 Å². The molecule has 29 heavy (non-hydrogen) atoms. The molecule has 0 aromatic carbocycles. The van der Waals surface area contributed by atoms with Gasteiger partial charge in [-0.3, -0.25) is 23.9 Å². The summed E-state index contributed by atoms with van der Waals surface area (Å²) in [4.78, 5) is 51.4. The van der Waals surface area contributed by atoms with Crippen molar-refractivity contribution in [3.05, 3.63) is 43.0 Å². The predicted octanol–water partition coefficient (Wildman–Crippen LogP) is 1.37. The first kappa shape index (κ1) is 26.2. The molecule has 3 atom stereocenters.